The molecule has 2 aliphatic heterocycles. The van der Waals surface area contributed by atoms with Gasteiger partial charge in [0.2, 0.25) is 11.5 Å². The average Bonchev–Trinajstić information content (AvgIpc) is 2.99. The molecule has 5 unspecified atom stereocenters. The second-order valence-corrected chi connectivity index (χ2v) is 9.75. The number of carbonyl (C=O) groups is 3. The van der Waals surface area contributed by atoms with Crippen LogP contribution in [0.25, 0.3) is 11.1 Å². The number of phenolic OH excluding ortho intramolecular Hbond substituents is 9. The number of hydrogen-bond acceptors (Lipinski definition) is 18. The Bertz CT molecular complexity index is 1730. The van der Waals surface area contributed by atoms with E-state index < -0.39 is 135 Å². The maximum atomic E-state index is 13.6. The molecule has 238 valence electrons. The zero-order chi connectivity index (χ0) is 33.1. The van der Waals surface area contributed by atoms with Crippen LogP contribution in [0.2, 0.25) is 0 Å². The highest BCUT2D eigenvalue weighted by Gasteiger charge is 2.53. The van der Waals surface area contributed by atoms with Gasteiger partial charge in [0.05, 0.1) is 23.3 Å². The SMILES string of the molecule is O=C(OC1C(CO)OC(O)C2OC(=O)c3cc(O)c(O)c(O)c3-c3c(cc(O)c(O)c3O)C(=O)OC21)c1cc(O)c(O)c(O)c1. The molecular formula is C27H22O18. The quantitative estimate of drug-likeness (QED) is 0.100. The molecule has 11 N–H and O–H groups in total. The summed E-state index contributed by atoms with van der Waals surface area (Å²) in [6.07, 6.45) is -10.1. The molecule has 0 amide bonds. The molecule has 0 radical (unpaired) electrons. The van der Waals surface area contributed by atoms with Crippen molar-refractivity contribution in [1.29, 1.82) is 0 Å². The van der Waals surface area contributed by atoms with Gasteiger partial charge in [0, 0.05) is 11.1 Å². The Labute approximate surface area is 248 Å². The summed E-state index contributed by atoms with van der Waals surface area (Å²) < 4.78 is 21.2. The molecule has 1 fully saturated rings. The Morgan fingerprint density at radius 1 is 0.667 bits per heavy atom. The highest BCUT2D eigenvalue weighted by atomic mass is 16.7. The molecule has 0 bridgehead atoms. The van der Waals surface area contributed by atoms with Crippen LogP contribution in [0.4, 0.5) is 0 Å². The molecule has 0 saturated carbocycles. The number of hydrogen-bond donors (Lipinski definition) is 11. The lowest BCUT2D eigenvalue weighted by Gasteiger charge is -2.43. The third kappa shape index (κ3) is 4.97. The van der Waals surface area contributed by atoms with Crippen molar-refractivity contribution in [2.45, 2.75) is 30.7 Å². The molecular weight excluding hydrogens is 612 g/mol. The van der Waals surface area contributed by atoms with Gasteiger partial charge in [0.15, 0.2) is 64.8 Å². The second-order valence-electron chi connectivity index (χ2n) is 9.75. The number of aromatic hydroxyl groups is 9. The predicted octanol–water partition coefficient (Wildman–Crippen LogP) is -0.297. The van der Waals surface area contributed by atoms with Crippen molar-refractivity contribution < 1.29 is 89.5 Å². The van der Waals surface area contributed by atoms with Crippen molar-refractivity contribution in [3.8, 4) is 62.9 Å². The first kappa shape index (κ1) is 30.6. The summed E-state index contributed by atoms with van der Waals surface area (Å²) in [5.41, 5.74) is -4.16. The van der Waals surface area contributed by atoms with Crippen LogP contribution in [0.5, 0.6) is 51.7 Å². The van der Waals surface area contributed by atoms with Gasteiger partial charge in [-0.05, 0) is 24.3 Å². The molecule has 2 heterocycles. The molecule has 5 atom stereocenters. The lowest BCUT2D eigenvalue weighted by Crippen LogP contribution is -2.62. The number of esters is 3. The van der Waals surface area contributed by atoms with Crippen LogP contribution < -0.4 is 0 Å². The van der Waals surface area contributed by atoms with E-state index in [0.717, 1.165) is 0 Å². The van der Waals surface area contributed by atoms with E-state index in [-0.39, 0.29) is 0 Å². The third-order valence-electron chi connectivity index (χ3n) is 7.02. The number of rotatable bonds is 3. The van der Waals surface area contributed by atoms with Crippen molar-refractivity contribution in [1.82, 2.24) is 0 Å². The molecule has 5 rings (SSSR count). The molecule has 3 aromatic carbocycles. The number of carbonyl (C=O) groups excluding carboxylic acids is 3. The lowest BCUT2D eigenvalue weighted by atomic mass is 9.91. The van der Waals surface area contributed by atoms with Crippen LogP contribution >= 0.6 is 0 Å². The summed E-state index contributed by atoms with van der Waals surface area (Å²) in [5, 5.41) is 112. The molecule has 0 aliphatic carbocycles. The third-order valence-corrected chi connectivity index (χ3v) is 7.02. The van der Waals surface area contributed by atoms with Crippen molar-refractivity contribution in [3.05, 3.63) is 41.0 Å². The predicted molar refractivity (Wildman–Crippen MR) is 139 cm³/mol. The van der Waals surface area contributed by atoms with E-state index in [1.54, 1.807) is 0 Å². The maximum Gasteiger partial charge on any atom is 0.339 e. The number of phenols is 9. The van der Waals surface area contributed by atoms with Crippen molar-refractivity contribution >= 4 is 17.9 Å². The van der Waals surface area contributed by atoms with Crippen molar-refractivity contribution in [2.75, 3.05) is 6.61 Å². The second kappa shape index (κ2) is 11.0. The van der Waals surface area contributed by atoms with E-state index in [1.165, 1.54) is 0 Å². The number of aliphatic hydroxyl groups excluding tert-OH is 2. The molecule has 0 aromatic heterocycles. The van der Waals surface area contributed by atoms with Gasteiger partial charge in [-0.25, -0.2) is 14.4 Å². The Morgan fingerprint density at radius 3 is 1.58 bits per heavy atom. The fourth-order valence-corrected chi connectivity index (χ4v) is 4.85. The van der Waals surface area contributed by atoms with Crippen LogP contribution in [0.15, 0.2) is 24.3 Å². The number of fused-ring (bicyclic) bond motifs is 4. The van der Waals surface area contributed by atoms with E-state index >= 15 is 0 Å². The van der Waals surface area contributed by atoms with Gasteiger partial charge in [-0.2, -0.15) is 0 Å². The van der Waals surface area contributed by atoms with Crippen molar-refractivity contribution in [2.24, 2.45) is 0 Å². The minimum atomic E-state index is -2.22. The van der Waals surface area contributed by atoms with Crippen molar-refractivity contribution in [3.63, 3.8) is 0 Å². The lowest BCUT2D eigenvalue weighted by molar-refractivity contribution is -0.284. The van der Waals surface area contributed by atoms with Crippen LogP contribution in [0.1, 0.15) is 31.1 Å². The Morgan fingerprint density at radius 2 is 1.11 bits per heavy atom. The average molecular weight is 634 g/mol. The smallest absolute Gasteiger partial charge is 0.339 e. The normalized spacial score (nSPS) is 22.7. The van der Waals surface area contributed by atoms with Gasteiger partial charge in [-0.15, -0.1) is 0 Å². The van der Waals surface area contributed by atoms with Gasteiger partial charge < -0.3 is 75.1 Å². The van der Waals surface area contributed by atoms with Gasteiger partial charge >= 0.3 is 17.9 Å². The Balaban J connectivity index is 1.69. The summed E-state index contributed by atoms with van der Waals surface area (Å²) in [7, 11) is 0. The first-order chi connectivity index (χ1) is 21.2. The standard InChI is InChI=1S/C27H22O18/c28-5-13-21(43-24(38)6-1-9(29)16(33)10(30)2-6)22-23(27(41)42-13)45-26(40)8-4-12(32)18(35)20(37)15(8)14-7(25(39)44-22)3-11(31)17(34)19(14)36/h1-4,13,21-23,27-37,41H,5H2. The molecule has 0 spiro atoms. The van der Waals surface area contributed by atoms with Crippen LogP contribution in [-0.2, 0) is 18.9 Å². The zero-order valence-corrected chi connectivity index (χ0v) is 22.2. The van der Waals surface area contributed by atoms with E-state index in [4.69, 9.17) is 18.9 Å². The Hall–Kier alpha value is -5.85. The topological polar surface area (TPSA) is 311 Å². The summed E-state index contributed by atoms with van der Waals surface area (Å²) in [4.78, 5) is 40.1. The first-order valence-electron chi connectivity index (χ1n) is 12.5. The summed E-state index contributed by atoms with van der Waals surface area (Å²) in [6, 6.07) is 2.43. The molecule has 2 aliphatic rings. The number of benzene rings is 3. The van der Waals surface area contributed by atoms with Crippen LogP contribution in [0.3, 0.4) is 0 Å². The van der Waals surface area contributed by atoms with Gasteiger partial charge in [0.25, 0.3) is 0 Å². The highest BCUT2D eigenvalue weighted by molar-refractivity contribution is 6.08. The zero-order valence-electron chi connectivity index (χ0n) is 22.2. The van der Waals surface area contributed by atoms with Crippen LogP contribution in [-0.4, -0.2) is 111 Å². The molecule has 18 nitrogen and oxygen atoms in total. The fourth-order valence-electron chi connectivity index (χ4n) is 4.85. The van der Waals surface area contributed by atoms with Gasteiger partial charge in [0.1, 0.15) is 6.10 Å². The van der Waals surface area contributed by atoms with E-state index in [9.17, 15) is 70.6 Å². The van der Waals surface area contributed by atoms with Gasteiger partial charge in [-0.1, -0.05) is 0 Å². The maximum absolute atomic E-state index is 13.6. The summed E-state index contributed by atoms with van der Waals surface area (Å²) in [6.45, 7) is -1.02. The highest BCUT2D eigenvalue weighted by Crippen LogP contribution is 2.53. The minimum Gasteiger partial charge on any atom is -0.504 e. The minimum absolute atomic E-state index is 0.532. The monoisotopic (exact) mass is 634 g/mol. The molecule has 1 saturated heterocycles. The van der Waals surface area contributed by atoms with Gasteiger partial charge in [-0.3, -0.25) is 0 Å². The van der Waals surface area contributed by atoms with E-state index in [2.05, 4.69) is 0 Å². The molecule has 45 heavy (non-hydrogen) atoms. The number of ether oxygens (including phenoxy) is 4. The summed E-state index contributed by atoms with van der Waals surface area (Å²) >= 11 is 0. The first-order valence-corrected chi connectivity index (χ1v) is 12.5. The molecule has 3 aromatic rings. The van der Waals surface area contributed by atoms with E-state index in [0.29, 0.717) is 24.3 Å². The largest absolute Gasteiger partial charge is 0.504 e. The van der Waals surface area contributed by atoms with E-state index in [1.807, 2.05) is 0 Å². The summed E-state index contributed by atoms with van der Waals surface area (Å²) in [5.74, 6) is -14.7. The molecule has 18 heteroatoms. The Kier molecular flexibility index (Phi) is 7.49. The van der Waals surface area contributed by atoms with Crippen LogP contribution in [0, 0.1) is 0 Å². The fraction of sp³-hybridized carbons (Fsp3) is 0.222. The number of aliphatic hydroxyl groups is 2.